The standard InChI is InChI=1S/C33H35F3N8O3S/c1-21(2)48(46,47)44-20-38-29(22(44)3)27-17-24-18-37-32(39-25-9-11-26(12-10-25)42-15-13-41(4)14-16-42)40-30(24)43(31(27)45)19-23-7-5-6-8-28(23)33(34,35)36/h5-12,17-18,20-21H,13-16,19H2,1-4H3,(H,37,39,40). The highest BCUT2D eigenvalue weighted by molar-refractivity contribution is 7.90. The third kappa shape index (κ3) is 6.39. The van der Waals surface area contributed by atoms with Crippen LogP contribution in [0.3, 0.4) is 0 Å². The summed E-state index contributed by atoms with van der Waals surface area (Å²) >= 11 is 0. The lowest BCUT2D eigenvalue weighted by molar-refractivity contribution is -0.138. The number of imidazole rings is 1. The number of hydrogen-bond donors (Lipinski definition) is 1. The number of hydrogen-bond acceptors (Lipinski definition) is 9. The molecule has 1 aliphatic rings. The van der Waals surface area contributed by atoms with E-state index in [4.69, 9.17) is 0 Å². The summed E-state index contributed by atoms with van der Waals surface area (Å²) in [6.07, 6.45) is -2.06. The van der Waals surface area contributed by atoms with E-state index in [1.165, 1.54) is 51.2 Å². The maximum absolute atomic E-state index is 14.2. The van der Waals surface area contributed by atoms with Gasteiger partial charge in [0.1, 0.15) is 12.0 Å². The second-order valence-electron chi connectivity index (χ2n) is 12.1. The van der Waals surface area contributed by atoms with Crippen LogP contribution in [0.1, 0.15) is 30.7 Å². The zero-order valence-electron chi connectivity index (χ0n) is 26.9. The zero-order valence-corrected chi connectivity index (χ0v) is 27.7. The lowest BCUT2D eigenvalue weighted by Gasteiger charge is -2.34. The summed E-state index contributed by atoms with van der Waals surface area (Å²) in [7, 11) is -1.70. The first-order valence-electron chi connectivity index (χ1n) is 15.4. The number of halogens is 3. The molecule has 6 rings (SSSR count). The van der Waals surface area contributed by atoms with Crippen LogP contribution in [-0.2, 0) is 22.7 Å². The van der Waals surface area contributed by atoms with Gasteiger partial charge < -0.3 is 15.1 Å². The van der Waals surface area contributed by atoms with E-state index in [2.05, 4.69) is 37.1 Å². The molecule has 0 amide bonds. The molecule has 1 aliphatic heterocycles. The smallest absolute Gasteiger partial charge is 0.369 e. The fourth-order valence-corrected chi connectivity index (χ4v) is 6.83. The quantitative estimate of drug-likeness (QED) is 0.239. The Hall–Kier alpha value is -4.76. The minimum atomic E-state index is -4.66. The van der Waals surface area contributed by atoms with Gasteiger partial charge in [-0.2, -0.15) is 18.2 Å². The molecule has 0 atom stereocenters. The van der Waals surface area contributed by atoms with Crippen molar-refractivity contribution in [2.45, 2.75) is 38.7 Å². The van der Waals surface area contributed by atoms with Crippen LogP contribution in [0.15, 0.2) is 71.9 Å². The van der Waals surface area contributed by atoms with Gasteiger partial charge in [0.2, 0.25) is 16.0 Å². The Morgan fingerprint density at radius 2 is 1.67 bits per heavy atom. The number of nitrogens with zero attached hydrogens (tertiary/aromatic N) is 7. The average molecular weight is 681 g/mol. The van der Waals surface area contributed by atoms with Crippen molar-refractivity contribution in [3.05, 3.63) is 94.3 Å². The molecule has 4 heterocycles. The van der Waals surface area contributed by atoms with E-state index in [9.17, 15) is 26.4 Å². The molecule has 0 bridgehead atoms. The Morgan fingerprint density at radius 1 is 0.979 bits per heavy atom. The molecule has 1 fully saturated rings. The normalized spacial score (nSPS) is 14.6. The molecule has 3 aromatic heterocycles. The summed E-state index contributed by atoms with van der Waals surface area (Å²) in [6.45, 7) is 7.90. The van der Waals surface area contributed by atoms with Gasteiger partial charge >= 0.3 is 6.18 Å². The van der Waals surface area contributed by atoms with Gasteiger partial charge in [-0.15, -0.1) is 0 Å². The first kappa shape index (κ1) is 33.2. The lowest BCUT2D eigenvalue weighted by Crippen LogP contribution is -2.44. The second kappa shape index (κ2) is 12.7. The van der Waals surface area contributed by atoms with Gasteiger partial charge in [0, 0.05) is 49.1 Å². The predicted octanol–water partition coefficient (Wildman–Crippen LogP) is 5.11. The SMILES string of the molecule is Cc1c(-c2cc3cnc(Nc4ccc(N5CCN(C)CC5)cc4)nc3n(Cc3ccccc3C(F)(F)F)c2=O)ncn1S(=O)(=O)C(C)C. The van der Waals surface area contributed by atoms with Crippen LogP contribution in [0.2, 0.25) is 0 Å². The maximum Gasteiger partial charge on any atom is 0.416 e. The monoisotopic (exact) mass is 680 g/mol. The Kier molecular flexibility index (Phi) is 8.76. The van der Waals surface area contributed by atoms with Gasteiger partial charge in [-0.05, 0) is 69.8 Å². The van der Waals surface area contributed by atoms with Crippen molar-refractivity contribution in [1.29, 1.82) is 0 Å². The molecular formula is C33H35F3N8O3S. The molecule has 15 heteroatoms. The highest BCUT2D eigenvalue weighted by atomic mass is 32.2. The van der Waals surface area contributed by atoms with Crippen molar-refractivity contribution in [3.8, 4) is 11.3 Å². The van der Waals surface area contributed by atoms with Crippen molar-refractivity contribution in [2.24, 2.45) is 0 Å². The number of aromatic nitrogens is 5. The molecule has 2 aromatic carbocycles. The van der Waals surface area contributed by atoms with Gasteiger partial charge in [0.25, 0.3) is 5.56 Å². The average Bonchev–Trinajstić information content (AvgIpc) is 3.44. The highest BCUT2D eigenvalue weighted by Crippen LogP contribution is 2.33. The van der Waals surface area contributed by atoms with Gasteiger partial charge in [-0.1, -0.05) is 18.2 Å². The number of fused-ring (bicyclic) bond motifs is 1. The summed E-state index contributed by atoms with van der Waals surface area (Å²) in [5.74, 6) is 0.142. The number of rotatable bonds is 8. The molecule has 48 heavy (non-hydrogen) atoms. The molecule has 11 nitrogen and oxygen atoms in total. The molecule has 0 radical (unpaired) electrons. The van der Waals surface area contributed by atoms with Crippen LogP contribution in [-0.4, -0.2) is 75.3 Å². The molecule has 0 saturated carbocycles. The number of alkyl halides is 3. The Labute approximate surface area is 275 Å². The largest absolute Gasteiger partial charge is 0.416 e. The van der Waals surface area contributed by atoms with E-state index in [-0.39, 0.29) is 34.1 Å². The minimum Gasteiger partial charge on any atom is -0.369 e. The summed E-state index contributed by atoms with van der Waals surface area (Å²) in [5.41, 5.74) is 0.452. The Balaban J connectivity index is 1.43. The van der Waals surface area contributed by atoms with E-state index in [0.717, 1.165) is 52.8 Å². The fourth-order valence-electron chi connectivity index (χ4n) is 5.73. The molecule has 0 spiro atoms. The summed E-state index contributed by atoms with van der Waals surface area (Å²) < 4.78 is 70.1. The molecule has 1 saturated heterocycles. The van der Waals surface area contributed by atoms with E-state index >= 15 is 0 Å². The van der Waals surface area contributed by atoms with Gasteiger partial charge in [0.15, 0.2) is 0 Å². The van der Waals surface area contributed by atoms with E-state index in [1.807, 2.05) is 24.3 Å². The minimum absolute atomic E-state index is 0.00556. The van der Waals surface area contributed by atoms with Crippen LogP contribution >= 0.6 is 0 Å². The lowest BCUT2D eigenvalue weighted by atomic mass is 10.1. The van der Waals surface area contributed by atoms with Crippen LogP contribution in [0.5, 0.6) is 0 Å². The number of piperazine rings is 1. The Morgan fingerprint density at radius 3 is 2.33 bits per heavy atom. The molecule has 1 N–H and O–H groups in total. The third-order valence-corrected chi connectivity index (χ3v) is 10.7. The fraction of sp³-hybridized carbons (Fsp3) is 0.333. The molecule has 5 aromatic rings. The van der Waals surface area contributed by atoms with Crippen molar-refractivity contribution in [2.75, 3.05) is 43.4 Å². The number of likely N-dealkylation sites (N-methyl/N-ethyl adjacent to an activating group) is 1. The van der Waals surface area contributed by atoms with Gasteiger partial charge in [0.05, 0.1) is 34.3 Å². The molecular weight excluding hydrogens is 645 g/mol. The highest BCUT2D eigenvalue weighted by Gasteiger charge is 2.33. The van der Waals surface area contributed by atoms with Crippen LogP contribution in [0.4, 0.5) is 30.5 Å². The van der Waals surface area contributed by atoms with Crippen LogP contribution in [0.25, 0.3) is 22.3 Å². The first-order chi connectivity index (χ1) is 22.7. The summed E-state index contributed by atoms with van der Waals surface area (Å²) in [6, 6.07) is 14.3. The molecule has 0 unspecified atom stereocenters. The number of pyridine rings is 1. The third-order valence-electron chi connectivity index (χ3n) is 8.56. The molecule has 252 valence electrons. The topological polar surface area (TPSA) is 118 Å². The zero-order chi connectivity index (χ0) is 34.4. The van der Waals surface area contributed by atoms with Crippen molar-refractivity contribution in [3.63, 3.8) is 0 Å². The van der Waals surface area contributed by atoms with Crippen molar-refractivity contribution >= 4 is 38.4 Å². The summed E-state index contributed by atoms with van der Waals surface area (Å²) in [5, 5.41) is 2.73. The summed E-state index contributed by atoms with van der Waals surface area (Å²) in [4.78, 5) is 32.0. The first-order valence-corrected chi connectivity index (χ1v) is 16.9. The molecule has 0 aliphatic carbocycles. The van der Waals surface area contributed by atoms with Crippen LogP contribution in [0, 0.1) is 6.92 Å². The van der Waals surface area contributed by atoms with Crippen molar-refractivity contribution < 1.29 is 21.6 Å². The number of nitrogens with one attached hydrogen (secondary N) is 1. The second-order valence-corrected chi connectivity index (χ2v) is 14.5. The van der Waals surface area contributed by atoms with E-state index in [0.29, 0.717) is 11.1 Å². The Bertz CT molecular complexity index is 2140. The van der Waals surface area contributed by atoms with Crippen LogP contribution < -0.4 is 15.8 Å². The predicted molar refractivity (Wildman–Crippen MR) is 179 cm³/mol. The number of benzene rings is 2. The van der Waals surface area contributed by atoms with E-state index in [1.54, 1.807) is 0 Å². The van der Waals surface area contributed by atoms with Crippen molar-refractivity contribution in [1.82, 2.24) is 28.4 Å². The van der Waals surface area contributed by atoms with E-state index < -0.39 is 39.1 Å². The van der Waals surface area contributed by atoms with Gasteiger partial charge in [-0.3, -0.25) is 9.36 Å². The maximum atomic E-state index is 14.2. The van der Waals surface area contributed by atoms with Gasteiger partial charge in [-0.25, -0.2) is 22.4 Å². The number of anilines is 3.